The number of ether oxygens (including phenoxy) is 1. The molecule has 2 aliphatic heterocycles. The van der Waals surface area contributed by atoms with Crippen LogP contribution in [0.1, 0.15) is 16.1 Å². The molecule has 0 aromatic carbocycles. The maximum atomic E-state index is 12.5. The van der Waals surface area contributed by atoms with Gasteiger partial charge in [0.15, 0.2) is 0 Å². The van der Waals surface area contributed by atoms with E-state index >= 15 is 0 Å². The highest BCUT2D eigenvalue weighted by Crippen LogP contribution is 2.42. The van der Waals surface area contributed by atoms with Crippen LogP contribution in [0.3, 0.4) is 0 Å². The molecule has 2 fully saturated rings. The molecule has 3 heterocycles. The Balaban J connectivity index is 1.66. The molecule has 2 aliphatic rings. The Hall–Kier alpha value is -1.93. The van der Waals surface area contributed by atoms with E-state index in [1.165, 1.54) is 16.2 Å². The lowest BCUT2D eigenvalue weighted by Gasteiger charge is -2.33. The van der Waals surface area contributed by atoms with Crippen molar-refractivity contribution in [3.8, 4) is 0 Å². The van der Waals surface area contributed by atoms with Crippen LogP contribution in [0.25, 0.3) is 0 Å². The zero-order valence-corrected chi connectivity index (χ0v) is 14.3. The number of carboxylic acids is 1. The molecule has 2 atom stereocenters. The Morgan fingerprint density at radius 2 is 2.29 bits per heavy atom. The fraction of sp³-hybridized carbons (Fsp3) is 0.562. The highest BCUT2D eigenvalue weighted by molar-refractivity contribution is 7.12. The van der Waals surface area contributed by atoms with Crippen LogP contribution in [0.4, 0.5) is 0 Å². The molecule has 0 bridgehead atoms. The van der Waals surface area contributed by atoms with Crippen LogP contribution < -0.4 is 0 Å². The SMILES string of the molecule is CN(CC(=O)N1C[C@H]2COCC[C@@]2(C(=O)O)C1)C(=O)c1cccs1. The number of carboxylic acid groups (broad SMARTS) is 1. The van der Waals surface area contributed by atoms with Gasteiger partial charge in [0.1, 0.15) is 0 Å². The summed E-state index contributed by atoms with van der Waals surface area (Å²) in [5.74, 6) is -1.48. The summed E-state index contributed by atoms with van der Waals surface area (Å²) >= 11 is 1.33. The molecule has 0 unspecified atom stereocenters. The molecule has 2 saturated heterocycles. The zero-order chi connectivity index (χ0) is 17.3. The van der Waals surface area contributed by atoms with E-state index < -0.39 is 11.4 Å². The lowest BCUT2D eigenvalue weighted by molar-refractivity contribution is -0.157. The van der Waals surface area contributed by atoms with Crippen LogP contribution in [0.2, 0.25) is 0 Å². The molecule has 1 N–H and O–H groups in total. The minimum absolute atomic E-state index is 0.0555. The lowest BCUT2D eigenvalue weighted by atomic mass is 9.74. The van der Waals surface area contributed by atoms with Crippen LogP contribution in [-0.2, 0) is 14.3 Å². The lowest BCUT2D eigenvalue weighted by Crippen LogP contribution is -2.45. The Bertz CT molecular complexity index is 647. The first-order valence-corrected chi connectivity index (χ1v) is 8.70. The number of nitrogens with zero attached hydrogens (tertiary/aromatic N) is 2. The van der Waals surface area contributed by atoms with Crippen molar-refractivity contribution in [2.24, 2.45) is 11.3 Å². The summed E-state index contributed by atoms with van der Waals surface area (Å²) in [6, 6.07) is 3.50. The minimum atomic E-state index is -0.912. The van der Waals surface area contributed by atoms with E-state index in [4.69, 9.17) is 4.74 Å². The summed E-state index contributed by atoms with van der Waals surface area (Å²) in [7, 11) is 1.58. The van der Waals surface area contributed by atoms with E-state index in [1.807, 2.05) is 5.38 Å². The van der Waals surface area contributed by atoms with E-state index in [1.54, 1.807) is 24.1 Å². The number of hydrogen-bond donors (Lipinski definition) is 1. The largest absolute Gasteiger partial charge is 0.481 e. The third-order valence-electron chi connectivity index (χ3n) is 4.94. The summed E-state index contributed by atoms with van der Waals surface area (Å²) in [5, 5.41) is 11.4. The van der Waals surface area contributed by atoms with Crippen LogP contribution in [-0.4, -0.2) is 72.6 Å². The average molecular weight is 352 g/mol. The molecule has 1 aromatic rings. The summed E-state index contributed by atoms with van der Waals surface area (Å²) in [4.78, 5) is 40.0. The molecule has 24 heavy (non-hydrogen) atoms. The van der Waals surface area contributed by atoms with Gasteiger partial charge in [-0.05, 0) is 17.9 Å². The van der Waals surface area contributed by atoms with Crippen molar-refractivity contribution in [1.82, 2.24) is 9.80 Å². The van der Waals surface area contributed by atoms with Crippen LogP contribution >= 0.6 is 11.3 Å². The van der Waals surface area contributed by atoms with Crippen molar-refractivity contribution in [2.75, 3.05) is 39.9 Å². The Labute approximate surface area is 143 Å². The second-order valence-electron chi connectivity index (χ2n) is 6.40. The fourth-order valence-corrected chi connectivity index (χ4v) is 4.17. The number of carbonyl (C=O) groups excluding carboxylic acids is 2. The Morgan fingerprint density at radius 1 is 1.50 bits per heavy atom. The molecule has 130 valence electrons. The van der Waals surface area contributed by atoms with Gasteiger partial charge in [-0.15, -0.1) is 11.3 Å². The number of thiophene rings is 1. The molecule has 2 amide bonds. The zero-order valence-electron chi connectivity index (χ0n) is 13.4. The van der Waals surface area contributed by atoms with Gasteiger partial charge in [0, 0.05) is 32.7 Å². The van der Waals surface area contributed by atoms with Gasteiger partial charge in [0.05, 0.1) is 23.4 Å². The second-order valence-corrected chi connectivity index (χ2v) is 7.34. The summed E-state index contributed by atoms with van der Waals surface area (Å²) in [6.07, 6.45) is 0.417. The number of fused-ring (bicyclic) bond motifs is 1. The molecular weight excluding hydrogens is 332 g/mol. The number of carbonyl (C=O) groups is 3. The third kappa shape index (κ3) is 2.91. The van der Waals surface area contributed by atoms with Crippen molar-refractivity contribution in [1.29, 1.82) is 0 Å². The minimum Gasteiger partial charge on any atom is -0.481 e. The third-order valence-corrected chi connectivity index (χ3v) is 5.79. The summed E-state index contributed by atoms with van der Waals surface area (Å²) < 4.78 is 5.39. The van der Waals surface area contributed by atoms with Crippen molar-refractivity contribution in [3.63, 3.8) is 0 Å². The first-order valence-electron chi connectivity index (χ1n) is 7.82. The molecular formula is C16H20N2O5S. The van der Waals surface area contributed by atoms with Gasteiger partial charge in [0.2, 0.25) is 5.91 Å². The Morgan fingerprint density at radius 3 is 2.92 bits per heavy atom. The summed E-state index contributed by atoms with van der Waals surface area (Å²) in [5.41, 5.74) is -0.912. The van der Waals surface area contributed by atoms with Crippen LogP contribution in [0, 0.1) is 11.3 Å². The van der Waals surface area contributed by atoms with Gasteiger partial charge in [-0.1, -0.05) is 6.07 Å². The van der Waals surface area contributed by atoms with Gasteiger partial charge < -0.3 is 19.6 Å². The van der Waals surface area contributed by atoms with Gasteiger partial charge in [-0.3, -0.25) is 14.4 Å². The van der Waals surface area contributed by atoms with E-state index in [0.717, 1.165) is 0 Å². The molecule has 0 spiro atoms. The first kappa shape index (κ1) is 16.9. The number of rotatable bonds is 4. The average Bonchev–Trinajstić information content (AvgIpc) is 3.21. The van der Waals surface area contributed by atoms with Crippen molar-refractivity contribution >= 4 is 29.1 Å². The number of likely N-dealkylation sites (tertiary alicyclic amines) is 1. The fourth-order valence-electron chi connectivity index (χ4n) is 3.45. The topological polar surface area (TPSA) is 87.2 Å². The van der Waals surface area contributed by atoms with Gasteiger partial charge in [0.25, 0.3) is 5.91 Å². The van der Waals surface area contributed by atoms with Crippen molar-refractivity contribution in [2.45, 2.75) is 6.42 Å². The van der Waals surface area contributed by atoms with Crippen LogP contribution in [0.5, 0.6) is 0 Å². The molecule has 0 radical (unpaired) electrons. The predicted octanol–water partition coefficient (Wildman–Crippen LogP) is 0.770. The number of hydrogen-bond acceptors (Lipinski definition) is 5. The van der Waals surface area contributed by atoms with Crippen molar-refractivity contribution in [3.05, 3.63) is 22.4 Å². The van der Waals surface area contributed by atoms with E-state index in [9.17, 15) is 19.5 Å². The van der Waals surface area contributed by atoms with E-state index in [-0.39, 0.29) is 30.8 Å². The van der Waals surface area contributed by atoms with Gasteiger partial charge in [-0.2, -0.15) is 0 Å². The molecule has 0 aliphatic carbocycles. The maximum absolute atomic E-state index is 12.5. The second kappa shape index (κ2) is 6.52. The summed E-state index contributed by atoms with van der Waals surface area (Å²) in [6.45, 7) is 1.27. The van der Waals surface area contributed by atoms with Gasteiger partial charge in [-0.25, -0.2) is 0 Å². The number of likely N-dealkylation sites (N-methyl/N-ethyl adjacent to an activating group) is 1. The molecule has 1 aromatic heterocycles. The smallest absolute Gasteiger partial charge is 0.311 e. The van der Waals surface area contributed by atoms with Crippen LogP contribution in [0.15, 0.2) is 17.5 Å². The normalized spacial score (nSPS) is 26.0. The quantitative estimate of drug-likeness (QED) is 0.865. The van der Waals surface area contributed by atoms with Gasteiger partial charge >= 0.3 is 5.97 Å². The molecule has 0 saturated carbocycles. The maximum Gasteiger partial charge on any atom is 0.311 e. The number of aliphatic carboxylic acids is 1. The molecule has 7 nitrogen and oxygen atoms in total. The predicted molar refractivity (Wildman–Crippen MR) is 86.9 cm³/mol. The van der Waals surface area contributed by atoms with E-state index in [2.05, 4.69) is 0 Å². The first-order chi connectivity index (χ1) is 11.4. The Kier molecular flexibility index (Phi) is 4.60. The van der Waals surface area contributed by atoms with Crippen molar-refractivity contribution < 1.29 is 24.2 Å². The monoisotopic (exact) mass is 352 g/mol. The standard InChI is InChI=1S/C16H20N2O5S/c1-17(14(20)12-3-2-6-24-12)8-13(19)18-7-11-9-23-5-4-16(11,10-18)15(21)22/h2-3,6,11H,4-5,7-10H2,1H3,(H,21,22)/t11-,16+/m0/s1. The molecule has 8 heteroatoms. The van der Waals surface area contributed by atoms with E-state index in [0.29, 0.717) is 31.1 Å². The highest BCUT2D eigenvalue weighted by Gasteiger charge is 2.54. The molecule has 3 rings (SSSR count). The number of amides is 2. The highest BCUT2D eigenvalue weighted by atomic mass is 32.1.